The molecule has 0 radical (unpaired) electrons. The van der Waals surface area contributed by atoms with Crippen molar-refractivity contribution in [2.75, 3.05) is 6.54 Å². The minimum absolute atomic E-state index is 0.223. The van der Waals surface area contributed by atoms with E-state index in [0.717, 1.165) is 67.0 Å². The van der Waals surface area contributed by atoms with Crippen LogP contribution in [0.4, 0.5) is 0 Å². The van der Waals surface area contributed by atoms with E-state index in [4.69, 9.17) is 14.7 Å². The van der Waals surface area contributed by atoms with Gasteiger partial charge in [-0.05, 0) is 32.4 Å². The van der Waals surface area contributed by atoms with E-state index in [2.05, 4.69) is 44.5 Å². The molecule has 0 spiro atoms. The number of aromatic amines is 2. The molecule has 5 aromatic rings. The maximum absolute atomic E-state index is 6.14. The minimum Gasteiger partial charge on any atom is -0.467 e. The number of hydrogen-bond donors (Lipinski definition) is 3. The first-order chi connectivity index (χ1) is 14.7. The highest BCUT2D eigenvalue weighted by Gasteiger charge is 2.22. The van der Waals surface area contributed by atoms with Gasteiger partial charge in [-0.25, -0.2) is 9.97 Å². The van der Waals surface area contributed by atoms with Gasteiger partial charge in [-0.1, -0.05) is 28.7 Å². The van der Waals surface area contributed by atoms with Gasteiger partial charge in [-0.2, -0.15) is 10.1 Å². The SMILES string of the molecule is C[C@@H]1C[C@@H](Oc2nc3sc(-c4ccc(-c5cn[nH]c5)c5nc[nH]c45)nc3s2)CCN1. The standard InChI is InChI=1S/C20H19N7OS2/c1-10-6-12(4-5-21-10)28-20-27-19-18(30-20)26-17(29-19)14-3-2-13(11-7-24-25-8-11)15-16(14)23-9-22-15/h2-3,7-10,12,21H,4-6H2,1H3,(H,22,23)(H,24,25)/t10-,12+/m1/s1. The number of ether oxygens (including phenoxy) is 1. The van der Waals surface area contributed by atoms with Crippen molar-refractivity contribution in [2.45, 2.75) is 31.9 Å². The van der Waals surface area contributed by atoms with Gasteiger partial charge in [0, 0.05) is 28.9 Å². The Labute approximate surface area is 179 Å². The number of H-pyrrole nitrogens is 2. The lowest BCUT2D eigenvalue weighted by atomic mass is 10.0. The highest BCUT2D eigenvalue weighted by molar-refractivity contribution is 7.28. The normalized spacial score (nSPS) is 19.6. The van der Waals surface area contributed by atoms with Crippen LogP contribution in [0.2, 0.25) is 0 Å². The molecule has 0 unspecified atom stereocenters. The summed E-state index contributed by atoms with van der Waals surface area (Å²) in [5, 5.41) is 12.0. The molecule has 2 atom stereocenters. The molecule has 1 saturated heterocycles. The van der Waals surface area contributed by atoms with E-state index in [1.165, 1.54) is 11.3 Å². The van der Waals surface area contributed by atoms with Gasteiger partial charge in [0.05, 0.1) is 23.6 Å². The fourth-order valence-electron chi connectivity index (χ4n) is 3.97. The Hall–Kier alpha value is -2.82. The van der Waals surface area contributed by atoms with Crippen molar-refractivity contribution in [3.05, 3.63) is 30.9 Å². The molecule has 0 aliphatic carbocycles. The Morgan fingerprint density at radius 1 is 1.13 bits per heavy atom. The topological polar surface area (TPSA) is 104 Å². The van der Waals surface area contributed by atoms with Crippen molar-refractivity contribution >= 4 is 43.4 Å². The van der Waals surface area contributed by atoms with Crippen LogP contribution >= 0.6 is 22.7 Å². The lowest BCUT2D eigenvalue weighted by Gasteiger charge is -2.27. The Balaban J connectivity index is 1.33. The number of nitrogens with zero attached hydrogens (tertiary/aromatic N) is 4. The fourth-order valence-corrected chi connectivity index (χ4v) is 5.95. The fraction of sp³-hybridized carbons (Fsp3) is 0.300. The highest BCUT2D eigenvalue weighted by atomic mass is 32.1. The molecule has 1 aromatic carbocycles. The molecule has 0 amide bonds. The van der Waals surface area contributed by atoms with Crippen molar-refractivity contribution in [2.24, 2.45) is 0 Å². The number of nitrogens with one attached hydrogen (secondary N) is 3. The Morgan fingerprint density at radius 3 is 2.87 bits per heavy atom. The molecule has 152 valence electrons. The number of imidazole rings is 1. The average molecular weight is 438 g/mol. The summed E-state index contributed by atoms with van der Waals surface area (Å²) in [6, 6.07) is 4.63. The van der Waals surface area contributed by atoms with Crippen LogP contribution in [0.15, 0.2) is 30.9 Å². The van der Waals surface area contributed by atoms with E-state index < -0.39 is 0 Å². The molecule has 1 fully saturated rings. The predicted octanol–water partition coefficient (Wildman–Crippen LogP) is 4.21. The summed E-state index contributed by atoms with van der Waals surface area (Å²) in [6.45, 7) is 3.18. The van der Waals surface area contributed by atoms with Gasteiger partial charge in [0.25, 0.3) is 5.19 Å². The predicted molar refractivity (Wildman–Crippen MR) is 119 cm³/mol. The monoisotopic (exact) mass is 437 g/mol. The van der Waals surface area contributed by atoms with E-state index in [0.29, 0.717) is 6.04 Å². The van der Waals surface area contributed by atoms with Crippen molar-refractivity contribution in [3.8, 4) is 26.9 Å². The minimum atomic E-state index is 0.223. The summed E-state index contributed by atoms with van der Waals surface area (Å²) in [5.74, 6) is 0. The molecule has 3 N–H and O–H groups in total. The van der Waals surface area contributed by atoms with Gasteiger partial charge in [0.15, 0.2) is 9.66 Å². The van der Waals surface area contributed by atoms with E-state index in [1.807, 2.05) is 6.20 Å². The summed E-state index contributed by atoms with van der Waals surface area (Å²) in [4.78, 5) is 19.2. The molecule has 6 rings (SSSR count). The number of fused-ring (bicyclic) bond motifs is 2. The van der Waals surface area contributed by atoms with Gasteiger partial charge in [0.2, 0.25) is 0 Å². The quantitative estimate of drug-likeness (QED) is 0.389. The zero-order valence-corrected chi connectivity index (χ0v) is 17.8. The van der Waals surface area contributed by atoms with Crippen LogP contribution in [0.3, 0.4) is 0 Å². The van der Waals surface area contributed by atoms with Gasteiger partial charge in [0.1, 0.15) is 11.1 Å². The number of benzene rings is 1. The third-order valence-electron chi connectivity index (χ3n) is 5.42. The number of thiazole rings is 2. The number of rotatable bonds is 4. The molecule has 30 heavy (non-hydrogen) atoms. The molecule has 5 heterocycles. The van der Waals surface area contributed by atoms with Crippen LogP contribution < -0.4 is 10.1 Å². The van der Waals surface area contributed by atoms with Crippen LogP contribution in [0.25, 0.3) is 42.4 Å². The molecular weight excluding hydrogens is 418 g/mol. The van der Waals surface area contributed by atoms with Crippen molar-refractivity contribution in [1.82, 2.24) is 35.5 Å². The molecule has 1 aliphatic rings. The Bertz CT molecular complexity index is 1290. The van der Waals surface area contributed by atoms with Gasteiger partial charge in [-0.15, -0.1) is 0 Å². The molecule has 0 saturated carbocycles. The maximum atomic E-state index is 6.14. The third kappa shape index (κ3) is 3.08. The highest BCUT2D eigenvalue weighted by Crippen LogP contribution is 2.39. The van der Waals surface area contributed by atoms with Crippen molar-refractivity contribution < 1.29 is 4.74 Å². The number of hydrogen-bond acceptors (Lipinski definition) is 8. The maximum Gasteiger partial charge on any atom is 0.276 e. The molecule has 4 aromatic heterocycles. The molecule has 8 nitrogen and oxygen atoms in total. The average Bonchev–Trinajstić information content (AvgIpc) is 3.50. The van der Waals surface area contributed by atoms with E-state index >= 15 is 0 Å². The summed E-state index contributed by atoms with van der Waals surface area (Å²) < 4.78 is 6.14. The van der Waals surface area contributed by atoms with Crippen LogP contribution in [0, 0.1) is 0 Å². The van der Waals surface area contributed by atoms with Crippen LogP contribution in [0.1, 0.15) is 19.8 Å². The smallest absolute Gasteiger partial charge is 0.276 e. The summed E-state index contributed by atoms with van der Waals surface area (Å²) in [7, 11) is 0. The number of piperidine rings is 1. The Kier molecular flexibility index (Phi) is 4.29. The van der Waals surface area contributed by atoms with Gasteiger partial charge in [-0.3, -0.25) is 5.10 Å². The second kappa shape index (κ2) is 7.15. The second-order valence-corrected chi connectivity index (χ2v) is 9.42. The molecule has 10 heteroatoms. The Morgan fingerprint density at radius 2 is 2.03 bits per heavy atom. The summed E-state index contributed by atoms with van der Waals surface area (Å²) >= 11 is 3.11. The van der Waals surface area contributed by atoms with E-state index in [-0.39, 0.29) is 6.10 Å². The number of aromatic nitrogens is 6. The lowest BCUT2D eigenvalue weighted by Crippen LogP contribution is -2.40. The van der Waals surface area contributed by atoms with Crippen molar-refractivity contribution in [3.63, 3.8) is 0 Å². The summed E-state index contributed by atoms with van der Waals surface area (Å²) in [6.07, 6.45) is 7.64. The first-order valence-corrected chi connectivity index (χ1v) is 11.5. The largest absolute Gasteiger partial charge is 0.467 e. The van der Waals surface area contributed by atoms with E-state index in [1.54, 1.807) is 23.9 Å². The van der Waals surface area contributed by atoms with Crippen LogP contribution in [-0.4, -0.2) is 48.8 Å². The van der Waals surface area contributed by atoms with Crippen LogP contribution in [-0.2, 0) is 0 Å². The second-order valence-electron chi connectivity index (χ2n) is 7.50. The molecular formula is C20H19N7OS2. The molecule has 0 bridgehead atoms. The summed E-state index contributed by atoms with van der Waals surface area (Å²) in [5.41, 5.74) is 4.95. The van der Waals surface area contributed by atoms with Gasteiger partial charge < -0.3 is 15.0 Å². The van der Waals surface area contributed by atoms with Crippen molar-refractivity contribution in [1.29, 1.82) is 0 Å². The lowest BCUT2D eigenvalue weighted by molar-refractivity contribution is 0.144. The first kappa shape index (κ1) is 18.0. The zero-order valence-electron chi connectivity index (χ0n) is 16.2. The first-order valence-electron chi connectivity index (χ1n) is 9.87. The van der Waals surface area contributed by atoms with Crippen LogP contribution in [0.5, 0.6) is 5.19 Å². The van der Waals surface area contributed by atoms with Gasteiger partial charge >= 0.3 is 0 Å². The molecule has 1 aliphatic heterocycles. The zero-order chi connectivity index (χ0) is 20.1. The third-order valence-corrected chi connectivity index (χ3v) is 7.37. The van der Waals surface area contributed by atoms with E-state index in [9.17, 15) is 0 Å².